The Bertz CT molecular complexity index is 404. The highest BCUT2D eigenvalue weighted by molar-refractivity contribution is 5.84. The second-order valence-corrected chi connectivity index (χ2v) is 6.88. The van der Waals surface area contributed by atoms with Crippen LogP contribution in [0.5, 0.6) is 0 Å². The summed E-state index contributed by atoms with van der Waals surface area (Å²) in [6, 6.07) is -0.241. The maximum absolute atomic E-state index is 12.8. The maximum Gasteiger partial charge on any atom is 0.311 e. The van der Waals surface area contributed by atoms with E-state index in [2.05, 4.69) is 17.6 Å². The van der Waals surface area contributed by atoms with Crippen LogP contribution in [0.25, 0.3) is 0 Å². The summed E-state index contributed by atoms with van der Waals surface area (Å²) >= 11 is 0. The van der Waals surface area contributed by atoms with Gasteiger partial charge in [-0.2, -0.15) is 0 Å². The summed E-state index contributed by atoms with van der Waals surface area (Å²) in [5.41, 5.74) is -1.14. The van der Waals surface area contributed by atoms with Crippen LogP contribution in [-0.2, 0) is 9.59 Å². The molecule has 1 amide bonds. The van der Waals surface area contributed by atoms with Crippen molar-refractivity contribution < 1.29 is 14.7 Å². The molecular formula is C16H28N2O3. The summed E-state index contributed by atoms with van der Waals surface area (Å²) in [4.78, 5) is 24.4. The summed E-state index contributed by atoms with van der Waals surface area (Å²) in [5, 5.41) is 15.9. The van der Waals surface area contributed by atoms with Gasteiger partial charge in [0.15, 0.2) is 0 Å². The smallest absolute Gasteiger partial charge is 0.311 e. The zero-order chi connectivity index (χ0) is 15.5. The summed E-state index contributed by atoms with van der Waals surface area (Å²) in [6.07, 6.45) is 5.84. The molecule has 2 unspecified atom stereocenters. The lowest BCUT2D eigenvalue weighted by Crippen LogP contribution is -2.56. The summed E-state index contributed by atoms with van der Waals surface area (Å²) in [6.45, 7) is 5.56. The van der Waals surface area contributed by atoms with Gasteiger partial charge in [0.25, 0.3) is 0 Å². The molecule has 5 heteroatoms. The lowest BCUT2D eigenvalue weighted by molar-refractivity contribution is -0.153. The zero-order valence-corrected chi connectivity index (χ0v) is 13.2. The normalized spacial score (nSPS) is 32.4. The molecule has 5 nitrogen and oxygen atoms in total. The first-order valence-corrected chi connectivity index (χ1v) is 8.20. The molecule has 2 aliphatic rings. The maximum atomic E-state index is 12.8. The van der Waals surface area contributed by atoms with Crippen molar-refractivity contribution in [3.05, 3.63) is 0 Å². The van der Waals surface area contributed by atoms with Gasteiger partial charge in [-0.1, -0.05) is 19.8 Å². The first kappa shape index (κ1) is 16.3. The van der Waals surface area contributed by atoms with Crippen LogP contribution in [0.1, 0.15) is 58.8 Å². The van der Waals surface area contributed by atoms with Gasteiger partial charge in [0, 0.05) is 6.04 Å². The molecule has 1 aliphatic carbocycles. The van der Waals surface area contributed by atoms with Crippen LogP contribution in [0.2, 0.25) is 0 Å². The molecular weight excluding hydrogens is 268 g/mol. The van der Waals surface area contributed by atoms with E-state index in [1.54, 1.807) is 6.92 Å². The first-order valence-electron chi connectivity index (χ1n) is 8.20. The third-order valence-electron chi connectivity index (χ3n) is 5.72. The van der Waals surface area contributed by atoms with Crippen LogP contribution in [0.4, 0.5) is 0 Å². The molecule has 2 rings (SSSR count). The summed E-state index contributed by atoms with van der Waals surface area (Å²) in [5.74, 6) is -0.728. The number of carboxylic acid groups (broad SMARTS) is 1. The van der Waals surface area contributed by atoms with Crippen molar-refractivity contribution in [2.75, 3.05) is 13.1 Å². The van der Waals surface area contributed by atoms with Gasteiger partial charge in [0.1, 0.15) is 0 Å². The number of aliphatic carboxylic acids is 1. The van der Waals surface area contributed by atoms with Crippen molar-refractivity contribution in [3.8, 4) is 0 Å². The first-order chi connectivity index (χ1) is 9.94. The lowest BCUT2D eigenvalue weighted by atomic mass is 9.70. The fraction of sp³-hybridized carbons (Fsp3) is 0.875. The molecule has 1 saturated heterocycles. The van der Waals surface area contributed by atoms with Crippen molar-refractivity contribution in [3.63, 3.8) is 0 Å². The second-order valence-electron chi connectivity index (χ2n) is 6.88. The number of carbonyl (C=O) groups is 2. The van der Waals surface area contributed by atoms with Gasteiger partial charge in [0.2, 0.25) is 5.91 Å². The van der Waals surface area contributed by atoms with Gasteiger partial charge in [-0.15, -0.1) is 0 Å². The number of amides is 1. The van der Waals surface area contributed by atoms with E-state index in [1.807, 2.05) is 0 Å². The average Bonchev–Trinajstić information content (AvgIpc) is 2.50. The van der Waals surface area contributed by atoms with Gasteiger partial charge in [-0.05, 0) is 52.1 Å². The van der Waals surface area contributed by atoms with Crippen molar-refractivity contribution in [1.29, 1.82) is 0 Å². The molecule has 1 saturated carbocycles. The van der Waals surface area contributed by atoms with Crippen LogP contribution in [-0.4, -0.2) is 36.1 Å². The van der Waals surface area contributed by atoms with Crippen LogP contribution in [0.3, 0.4) is 0 Å². The van der Waals surface area contributed by atoms with Crippen molar-refractivity contribution >= 4 is 11.9 Å². The van der Waals surface area contributed by atoms with E-state index in [4.69, 9.17) is 0 Å². The van der Waals surface area contributed by atoms with Crippen LogP contribution in [0.15, 0.2) is 0 Å². The molecule has 0 aromatic carbocycles. The van der Waals surface area contributed by atoms with Crippen LogP contribution < -0.4 is 10.6 Å². The van der Waals surface area contributed by atoms with Crippen molar-refractivity contribution in [2.24, 2.45) is 10.8 Å². The van der Waals surface area contributed by atoms with Crippen molar-refractivity contribution in [2.45, 2.75) is 64.8 Å². The minimum atomic E-state index is -0.824. The van der Waals surface area contributed by atoms with Gasteiger partial charge in [0.05, 0.1) is 10.8 Å². The standard InChI is InChI=1S/C16H28N2O3/c1-3-16(8-10-17-11-9-16)13(19)18-12-6-4-5-7-15(12,2)14(20)21/h12,17H,3-11H2,1-2H3,(H,18,19)(H,20,21). The number of hydrogen-bond acceptors (Lipinski definition) is 3. The van der Waals surface area contributed by atoms with Crippen LogP contribution >= 0.6 is 0 Å². The SMILES string of the molecule is CCC1(C(=O)NC2CCCCC2(C)C(=O)O)CCNCC1. The number of hydrogen-bond donors (Lipinski definition) is 3. The molecule has 0 bridgehead atoms. The fourth-order valence-corrected chi connectivity index (χ4v) is 3.78. The van der Waals surface area contributed by atoms with Gasteiger partial charge >= 0.3 is 5.97 Å². The molecule has 0 spiro atoms. The number of nitrogens with one attached hydrogen (secondary N) is 2. The molecule has 2 fully saturated rings. The molecule has 1 heterocycles. The Kier molecular flexibility index (Phi) is 4.91. The Labute approximate surface area is 126 Å². The number of piperidine rings is 1. The molecule has 21 heavy (non-hydrogen) atoms. The average molecular weight is 296 g/mol. The topological polar surface area (TPSA) is 78.4 Å². The molecule has 0 aromatic rings. The number of rotatable bonds is 4. The highest BCUT2D eigenvalue weighted by Crippen LogP contribution is 2.38. The molecule has 0 aromatic heterocycles. The quantitative estimate of drug-likeness (QED) is 0.740. The lowest BCUT2D eigenvalue weighted by Gasteiger charge is -2.42. The Morgan fingerprint density at radius 1 is 1.24 bits per heavy atom. The highest BCUT2D eigenvalue weighted by atomic mass is 16.4. The minimum absolute atomic E-state index is 0.0610. The fourth-order valence-electron chi connectivity index (χ4n) is 3.78. The second kappa shape index (κ2) is 6.34. The van der Waals surface area contributed by atoms with Crippen LogP contribution in [0, 0.1) is 10.8 Å². The molecule has 3 N–H and O–H groups in total. The Morgan fingerprint density at radius 3 is 2.48 bits per heavy atom. The predicted octanol–water partition coefficient (Wildman–Crippen LogP) is 1.92. The van der Waals surface area contributed by atoms with E-state index in [0.29, 0.717) is 6.42 Å². The van der Waals surface area contributed by atoms with Gasteiger partial charge in [-0.3, -0.25) is 9.59 Å². The Balaban J connectivity index is 2.11. The van der Waals surface area contributed by atoms with E-state index in [-0.39, 0.29) is 17.4 Å². The molecule has 1 aliphatic heterocycles. The van der Waals surface area contributed by atoms with E-state index in [1.165, 1.54) is 0 Å². The van der Waals surface area contributed by atoms with Gasteiger partial charge < -0.3 is 15.7 Å². The Morgan fingerprint density at radius 2 is 1.90 bits per heavy atom. The third kappa shape index (κ3) is 3.07. The van der Waals surface area contributed by atoms with E-state index >= 15 is 0 Å². The number of carboxylic acids is 1. The number of carbonyl (C=O) groups excluding carboxylic acids is 1. The van der Waals surface area contributed by atoms with Crippen molar-refractivity contribution in [1.82, 2.24) is 10.6 Å². The molecule has 120 valence electrons. The predicted molar refractivity (Wildman–Crippen MR) is 81.0 cm³/mol. The van der Waals surface area contributed by atoms with Gasteiger partial charge in [-0.25, -0.2) is 0 Å². The summed E-state index contributed by atoms with van der Waals surface area (Å²) in [7, 11) is 0. The zero-order valence-electron chi connectivity index (χ0n) is 13.2. The largest absolute Gasteiger partial charge is 0.481 e. The molecule has 0 radical (unpaired) electrons. The third-order valence-corrected chi connectivity index (χ3v) is 5.72. The van der Waals surface area contributed by atoms with E-state index in [0.717, 1.165) is 51.6 Å². The highest BCUT2D eigenvalue weighted by Gasteiger charge is 2.46. The monoisotopic (exact) mass is 296 g/mol. The summed E-state index contributed by atoms with van der Waals surface area (Å²) < 4.78 is 0. The van der Waals surface area contributed by atoms with E-state index in [9.17, 15) is 14.7 Å². The van der Waals surface area contributed by atoms with E-state index < -0.39 is 11.4 Å². The minimum Gasteiger partial charge on any atom is -0.481 e. The Hall–Kier alpha value is -1.10. The molecule has 2 atom stereocenters.